The van der Waals surface area contributed by atoms with Crippen LogP contribution < -0.4 is 0 Å². The van der Waals surface area contributed by atoms with Gasteiger partial charge in [0.05, 0.1) is 0 Å². The number of hydrogen-bond donors (Lipinski definition) is 0. The van der Waals surface area contributed by atoms with E-state index in [1.165, 1.54) is 11.1 Å². The van der Waals surface area contributed by atoms with Gasteiger partial charge in [0, 0.05) is 8.95 Å². The summed E-state index contributed by atoms with van der Waals surface area (Å²) in [6, 6.07) is 4.35. The summed E-state index contributed by atoms with van der Waals surface area (Å²) in [7, 11) is 0. The molecule has 0 spiro atoms. The fourth-order valence-corrected chi connectivity index (χ4v) is 1.84. The average Bonchev–Trinajstić information content (AvgIpc) is 1.99. The highest BCUT2D eigenvalue weighted by Gasteiger charge is 2.01. The molecule has 0 saturated heterocycles. The smallest absolute Gasteiger partial charge is 0.0346 e. The van der Waals surface area contributed by atoms with E-state index in [1.54, 1.807) is 0 Å². The van der Waals surface area contributed by atoms with E-state index < -0.39 is 0 Å². The van der Waals surface area contributed by atoms with Crippen molar-refractivity contribution < 1.29 is 0 Å². The molecule has 0 heterocycles. The van der Waals surface area contributed by atoms with Crippen LogP contribution in [0.2, 0.25) is 0 Å². The van der Waals surface area contributed by atoms with Crippen LogP contribution in [-0.2, 0) is 6.42 Å². The summed E-state index contributed by atoms with van der Waals surface area (Å²) < 4.78 is 2.31. The van der Waals surface area contributed by atoms with E-state index in [9.17, 15) is 0 Å². The summed E-state index contributed by atoms with van der Waals surface area (Å²) in [6.45, 7) is 4.27. The Morgan fingerprint density at radius 3 is 2.36 bits per heavy atom. The van der Waals surface area contributed by atoms with Gasteiger partial charge in [0.15, 0.2) is 0 Å². The zero-order valence-corrected chi connectivity index (χ0v) is 9.79. The van der Waals surface area contributed by atoms with E-state index in [-0.39, 0.29) is 0 Å². The normalized spacial score (nSPS) is 10.2. The zero-order valence-electron chi connectivity index (χ0n) is 6.62. The summed E-state index contributed by atoms with van der Waals surface area (Å²) in [5.41, 5.74) is 2.66. The molecular weight excluding hydrogens is 268 g/mol. The lowest BCUT2D eigenvalue weighted by molar-refractivity contribution is 1.12. The van der Waals surface area contributed by atoms with Gasteiger partial charge in [-0.15, -0.1) is 0 Å². The molecule has 0 aliphatic rings. The molecule has 0 aliphatic heterocycles. The van der Waals surface area contributed by atoms with Gasteiger partial charge < -0.3 is 0 Å². The molecule has 1 aromatic carbocycles. The van der Waals surface area contributed by atoms with Gasteiger partial charge in [-0.05, 0) is 62.4 Å². The monoisotopic (exact) mass is 276 g/mol. The first kappa shape index (κ1) is 9.27. The fourth-order valence-electron chi connectivity index (χ4n) is 1.00. The number of rotatable bonds is 1. The van der Waals surface area contributed by atoms with Crippen LogP contribution in [0.5, 0.6) is 0 Å². The molecule has 0 saturated carbocycles. The van der Waals surface area contributed by atoms with Crippen LogP contribution in [0, 0.1) is 6.92 Å². The van der Waals surface area contributed by atoms with Gasteiger partial charge >= 0.3 is 0 Å². The van der Waals surface area contributed by atoms with Crippen LogP contribution >= 0.6 is 31.9 Å². The standard InChI is InChI=1S/C9H10Br2/c1-3-7-4-6(2)9(11)8(10)5-7/h4-5H,3H2,1-2H3. The molecular formula is C9H10Br2. The first-order valence-corrected chi connectivity index (χ1v) is 5.18. The van der Waals surface area contributed by atoms with E-state index in [2.05, 4.69) is 57.8 Å². The van der Waals surface area contributed by atoms with Crippen LogP contribution in [0.25, 0.3) is 0 Å². The molecule has 0 bridgehead atoms. The second-order valence-corrected chi connectivity index (χ2v) is 4.21. The molecule has 60 valence electrons. The molecule has 2 heteroatoms. The zero-order chi connectivity index (χ0) is 8.43. The van der Waals surface area contributed by atoms with Crippen molar-refractivity contribution in [1.82, 2.24) is 0 Å². The molecule has 0 radical (unpaired) electrons. The lowest BCUT2D eigenvalue weighted by Crippen LogP contribution is -1.84. The predicted octanol–water partition coefficient (Wildman–Crippen LogP) is 4.08. The average molecular weight is 278 g/mol. The molecule has 0 nitrogen and oxygen atoms in total. The predicted molar refractivity (Wildman–Crippen MR) is 56.0 cm³/mol. The molecule has 11 heavy (non-hydrogen) atoms. The van der Waals surface area contributed by atoms with Gasteiger partial charge in [0.2, 0.25) is 0 Å². The molecule has 0 atom stereocenters. The van der Waals surface area contributed by atoms with Crippen LogP contribution in [-0.4, -0.2) is 0 Å². The highest BCUT2D eigenvalue weighted by atomic mass is 79.9. The van der Waals surface area contributed by atoms with Gasteiger partial charge in [-0.25, -0.2) is 0 Å². The molecule has 0 fully saturated rings. The highest BCUT2D eigenvalue weighted by molar-refractivity contribution is 9.13. The van der Waals surface area contributed by atoms with E-state index in [1.807, 2.05) is 0 Å². The second kappa shape index (κ2) is 3.72. The van der Waals surface area contributed by atoms with Crippen molar-refractivity contribution in [2.75, 3.05) is 0 Å². The minimum atomic E-state index is 1.09. The highest BCUT2D eigenvalue weighted by Crippen LogP contribution is 2.27. The maximum atomic E-state index is 3.50. The third-order valence-corrected chi connectivity index (χ3v) is 3.89. The Balaban J connectivity index is 3.21. The van der Waals surface area contributed by atoms with E-state index >= 15 is 0 Å². The molecule has 0 amide bonds. The Bertz CT molecular complexity index is 243. The second-order valence-electron chi connectivity index (χ2n) is 2.56. The maximum Gasteiger partial charge on any atom is 0.0346 e. The molecule has 1 aromatic rings. The maximum absolute atomic E-state index is 3.50. The first-order valence-electron chi connectivity index (χ1n) is 3.59. The van der Waals surface area contributed by atoms with Crippen molar-refractivity contribution >= 4 is 31.9 Å². The number of benzene rings is 1. The van der Waals surface area contributed by atoms with Gasteiger partial charge in [-0.2, -0.15) is 0 Å². The lowest BCUT2D eigenvalue weighted by atomic mass is 10.1. The summed E-state index contributed by atoms with van der Waals surface area (Å²) >= 11 is 6.99. The number of hydrogen-bond acceptors (Lipinski definition) is 0. The minimum absolute atomic E-state index is 1.09. The molecule has 1 rings (SSSR count). The minimum Gasteiger partial charge on any atom is -0.0613 e. The Morgan fingerprint density at radius 2 is 1.91 bits per heavy atom. The fraction of sp³-hybridized carbons (Fsp3) is 0.333. The quantitative estimate of drug-likeness (QED) is 0.726. The first-order chi connectivity index (χ1) is 5.15. The summed E-state index contributed by atoms with van der Waals surface area (Å²) in [5.74, 6) is 0. The van der Waals surface area contributed by atoms with Crippen LogP contribution in [0.15, 0.2) is 21.1 Å². The molecule has 0 aromatic heterocycles. The van der Waals surface area contributed by atoms with Gasteiger partial charge in [0.25, 0.3) is 0 Å². The third-order valence-electron chi connectivity index (χ3n) is 1.68. The van der Waals surface area contributed by atoms with Crippen molar-refractivity contribution in [2.24, 2.45) is 0 Å². The summed E-state index contributed by atoms with van der Waals surface area (Å²) in [6.07, 6.45) is 1.09. The largest absolute Gasteiger partial charge is 0.0613 e. The molecule has 0 aliphatic carbocycles. The Morgan fingerprint density at radius 1 is 1.27 bits per heavy atom. The Labute approximate surface area is 84.3 Å². The van der Waals surface area contributed by atoms with Crippen molar-refractivity contribution in [3.05, 3.63) is 32.2 Å². The molecule has 0 N–H and O–H groups in total. The number of halogens is 2. The van der Waals surface area contributed by atoms with Crippen LogP contribution in [0.4, 0.5) is 0 Å². The SMILES string of the molecule is CCc1cc(C)c(Br)c(Br)c1. The van der Waals surface area contributed by atoms with Crippen molar-refractivity contribution in [2.45, 2.75) is 20.3 Å². The van der Waals surface area contributed by atoms with E-state index in [4.69, 9.17) is 0 Å². The third kappa shape index (κ3) is 2.06. The molecule has 0 unspecified atom stereocenters. The van der Waals surface area contributed by atoms with Gasteiger partial charge in [-0.3, -0.25) is 0 Å². The summed E-state index contributed by atoms with van der Waals surface area (Å²) in [5, 5.41) is 0. The van der Waals surface area contributed by atoms with E-state index in [0.29, 0.717) is 0 Å². The van der Waals surface area contributed by atoms with Crippen molar-refractivity contribution in [1.29, 1.82) is 0 Å². The topological polar surface area (TPSA) is 0 Å². The van der Waals surface area contributed by atoms with E-state index in [0.717, 1.165) is 15.4 Å². The number of aryl methyl sites for hydroxylation is 2. The Hall–Kier alpha value is 0.180. The summed E-state index contributed by atoms with van der Waals surface area (Å²) in [4.78, 5) is 0. The van der Waals surface area contributed by atoms with Crippen LogP contribution in [0.3, 0.4) is 0 Å². The van der Waals surface area contributed by atoms with Crippen molar-refractivity contribution in [3.63, 3.8) is 0 Å². The van der Waals surface area contributed by atoms with Gasteiger partial charge in [0.1, 0.15) is 0 Å². The van der Waals surface area contributed by atoms with Crippen LogP contribution in [0.1, 0.15) is 18.1 Å². The van der Waals surface area contributed by atoms with Gasteiger partial charge in [-0.1, -0.05) is 13.0 Å². The van der Waals surface area contributed by atoms with Crippen molar-refractivity contribution in [3.8, 4) is 0 Å². The lowest BCUT2D eigenvalue weighted by Gasteiger charge is -2.03. The Kier molecular flexibility index (Phi) is 3.14.